The Kier molecular flexibility index (Phi) is 6.10. The van der Waals surface area contributed by atoms with Crippen molar-refractivity contribution in [2.45, 2.75) is 13.3 Å². The summed E-state index contributed by atoms with van der Waals surface area (Å²) in [5.74, 6) is 1.63. The third-order valence-corrected chi connectivity index (χ3v) is 3.74. The topological polar surface area (TPSA) is 17.1 Å². The number of hydrogen-bond donors (Lipinski definition) is 0. The minimum atomic E-state index is -0.361. The molecule has 0 fully saturated rings. The quantitative estimate of drug-likeness (QED) is 0.499. The average molecular weight is 327 g/mol. The minimum Gasteiger partial charge on any atom is -0.233 e. The molecule has 0 radical (unpaired) electrons. The summed E-state index contributed by atoms with van der Waals surface area (Å²) in [6.45, 7) is 1.92. The first-order chi connectivity index (χ1) is 11.2. The van der Waals surface area contributed by atoms with Gasteiger partial charge in [0, 0.05) is 11.1 Å². The van der Waals surface area contributed by atoms with Crippen molar-refractivity contribution in [2.24, 2.45) is 0 Å². The van der Waals surface area contributed by atoms with Gasteiger partial charge in [-0.2, -0.15) is 0 Å². The van der Waals surface area contributed by atoms with Gasteiger partial charge >= 0.3 is 0 Å². The van der Waals surface area contributed by atoms with Gasteiger partial charge in [-0.15, -0.1) is 0 Å². The highest BCUT2D eigenvalue weighted by Crippen LogP contribution is 2.22. The number of hydrogen-bond acceptors (Lipinski definition) is 1. The van der Waals surface area contributed by atoms with E-state index in [1.807, 2.05) is 43.2 Å². The van der Waals surface area contributed by atoms with Crippen LogP contribution in [0, 0.1) is 5.82 Å². The Hall–Kier alpha value is -2.41. The van der Waals surface area contributed by atoms with Crippen LogP contribution in [0.2, 0.25) is 5.02 Å². The van der Waals surface area contributed by atoms with Crippen LogP contribution in [0.3, 0.4) is 0 Å². The van der Waals surface area contributed by atoms with Crippen molar-refractivity contribution < 1.29 is 9.18 Å². The van der Waals surface area contributed by atoms with Gasteiger partial charge in [-0.1, -0.05) is 73.2 Å². The van der Waals surface area contributed by atoms with Crippen LogP contribution in [0.25, 0.3) is 17.7 Å². The van der Waals surface area contributed by atoms with E-state index >= 15 is 0 Å². The third kappa shape index (κ3) is 4.29. The lowest BCUT2D eigenvalue weighted by atomic mass is 9.99. The maximum atomic E-state index is 13.7. The molecule has 0 atom stereocenters. The molecule has 2 aromatic carbocycles. The molecule has 2 rings (SSSR count). The van der Waals surface area contributed by atoms with E-state index in [0.29, 0.717) is 22.6 Å². The van der Waals surface area contributed by atoms with Gasteiger partial charge in [-0.3, -0.25) is 0 Å². The van der Waals surface area contributed by atoms with Crippen molar-refractivity contribution in [1.82, 2.24) is 0 Å². The van der Waals surface area contributed by atoms with Crippen LogP contribution in [-0.2, 0) is 4.79 Å². The molecule has 0 aliphatic carbocycles. The van der Waals surface area contributed by atoms with Gasteiger partial charge in [0.05, 0.1) is 5.02 Å². The van der Waals surface area contributed by atoms with Crippen LogP contribution in [0.15, 0.2) is 54.6 Å². The van der Waals surface area contributed by atoms with E-state index in [2.05, 4.69) is 0 Å². The summed E-state index contributed by atoms with van der Waals surface area (Å²) in [7, 11) is 0. The van der Waals surface area contributed by atoms with Gasteiger partial charge in [-0.05, 0) is 29.7 Å². The number of allylic oxidation sites excluding steroid dienone is 3. The fraction of sp³-hybridized carbons (Fsp3) is 0.100. The molecule has 0 N–H and O–H groups in total. The lowest BCUT2D eigenvalue weighted by Crippen LogP contribution is -1.88. The predicted molar refractivity (Wildman–Crippen MR) is 95.3 cm³/mol. The Morgan fingerprint density at radius 2 is 1.87 bits per heavy atom. The molecule has 23 heavy (non-hydrogen) atoms. The summed E-state index contributed by atoms with van der Waals surface area (Å²) >= 11 is 5.97. The van der Waals surface area contributed by atoms with Gasteiger partial charge in [0.25, 0.3) is 0 Å². The largest absolute Gasteiger partial charge is 0.233 e. The van der Waals surface area contributed by atoms with Crippen molar-refractivity contribution >= 4 is 35.3 Å². The van der Waals surface area contributed by atoms with E-state index in [-0.39, 0.29) is 5.82 Å². The standard InChI is InChI=1S/C20H16ClFO/c1-2-15(14-23)17-10-5-3-8-16(17)9-4-6-11-18-19(21)12-7-13-20(18)22/h3-13H,2H2,1H3/b9-4+,11-6+. The number of rotatable bonds is 5. The van der Waals surface area contributed by atoms with Gasteiger partial charge < -0.3 is 0 Å². The maximum absolute atomic E-state index is 13.7. The zero-order chi connectivity index (χ0) is 16.7. The summed E-state index contributed by atoms with van der Waals surface area (Å²) in [6.07, 6.45) is 7.62. The molecular weight excluding hydrogens is 311 g/mol. The first-order valence-electron chi connectivity index (χ1n) is 7.29. The van der Waals surface area contributed by atoms with Gasteiger partial charge in [0.15, 0.2) is 0 Å². The van der Waals surface area contributed by atoms with E-state index in [1.165, 1.54) is 6.07 Å². The number of halogens is 2. The van der Waals surface area contributed by atoms with Crippen LogP contribution < -0.4 is 0 Å². The lowest BCUT2D eigenvalue weighted by molar-refractivity contribution is 0.569. The molecule has 2 aromatic rings. The van der Waals surface area contributed by atoms with E-state index in [0.717, 1.165) is 11.1 Å². The molecule has 0 saturated carbocycles. The van der Waals surface area contributed by atoms with E-state index in [9.17, 15) is 9.18 Å². The lowest BCUT2D eigenvalue weighted by Gasteiger charge is -2.04. The second-order valence-electron chi connectivity index (χ2n) is 4.87. The van der Waals surface area contributed by atoms with E-state index < -0.39 is 0 Å². The Labute approximate surface area is 140 Å². The monoisotopic (exact) mass is 326 g/mol. The minimum absolute atomic E-state index is 0.356. The Bertz CT molecular complexity index is 779. The highest BCUT2D eigenvalue weighted by atomic mass is 35.5. The summed E-state index contributed by atoms with van der Waals surface area (Å²) in [4.78, 5) is 11.0. The maximum Gasteiger partial charge on any atom is 0.131 e. The Morgan fingerprint density at radius 3 is 2.57 bits per heavy atom. The molecule has 1 nitrogen and oxygen atoms in total. The molecule has 116 valence electrons. The molecule has 3 heteroatoms. The Morgan fingerprint density at radius 1 is 1.13 bits per heavy atom. The molecule has 0 aliphatic heterocycles. The normalized spacial score (nSPS) is 11.1. The summed E-state index contributed by atoms with van der Waals surface area (Å²) in [6, 6.07) is 12.2. The van der Waals surface area contributed by atoms with Gasteiger partial charge in [0.2, 0.25) is 0 Å². The number of carbonyl (C=O) groups excluding carboxylic acids is 1. The molecular formula is C20H16ClFO. The first-order valence-corrected chi connectivity index (χ1v) is 7.67. The third-order valence-electron chi connectivity index (χ3n) is 3.41. The fourth-order valence-corrected chi connectivity index (χ4v) is 2.44. The van der Waals surface area contributed by atoms with Crippen LogP contribution in [0.5, 0.6) is 0 Å². The fourth-order valence-electron chi connectivity index (χ4n) is 2.22. The van der Waals surface area contributed by atoms with Crippen molar-refractivity contribution in [3.63, 3.8) is 0 Å². The van der Waals surface area contributed by atoms with Gasteiger partial charge in [0.1, 0.15) is 11.8 Å². The van der Waals surface area contributed by atoms with Crippen molar-refractivity contribution in [1.29, 1.82) is 0 Å². The predicted octanol–water partition coefficient (Wildman–Crippen LogP) is 5.83. The summed E-state index contributed by atoms with van der Waals surface area (Å²) < 4.78 is 13.7. The van der Waals surface area contributed by atoms with Crippen LogP contribution in [0.4, 0.5) is 4.39 Å². The molecule has 0 aliphatic rings. The molecule has 0 bridgehead atoms. The highest BCUT2D eigenvalue weighted by Gasteiger charge is 2.04. The molecule has 0 unspecified atom stereocenters. The van der Waals surface area contributed by atoms with Crippen LogP contribution in [-0.4, -0.2) is 5.94 Å². The first kappa shape index (κ1) is 17.0. The number of benzene rings is 2. The highest BCUT2D eigenvalue weighted by molar-refractivity contribution is 6.32. The zero-order valence-electron chi connectivity index (χ0n) is 12.7. The second kappa shape index (κ2) is 8.28. The van der Waals surface area contributed by atoms with Crippen LogP contribution in [0.1, 0.15) is 30.0 Å². The molecule has 0 heterocycles. The summed E-state index contributed by atoms with van der Waals surface area (Å²) in [5, 5.41) is 0.368. The van der Waals surface area contributed by atoms with E-state index in [1.54, 1.807) is 30.4 Å². The SMILES string of the molecule is CCC(=C=O)c1ccccc1/C=C/C=C/c1c(F)cccc1Cl. The molecule has 0 saturated heterocycles. The summed E-state index contributed by atoms with van der Waals surface area (Å²) in [5.41, 5.74) is 2.76. The molecule has 0 spiro atoms. The molecule has 0 amide bonds. The smallest absolute Gasteiger partial charge is 0.131 e. The van der Waals surface area contributed by atoms with Crippen molar-refractivity contribution in [3.8, 4) is 0 Å². The van der Waals surface area contributed by atoms with Crippen molar-refractivity contribution in [3.05, 3.63) is 82.1 Å². The van der Waals surface area contributed by atoms with Gasteiger partial charge in [-0.25, -0.2) is 9.18 Å². The average Bonchev–Trinajstić information content (AvgIpc) is 2.56. The van der Waals surface area contributed by atoms with Crippen LogP contribution >= 0.6 is 11.6 Å². The van der Waals surface area contributed by atoms with Crippen molar-refractivity contribution in [2.75, 3.05) is 0 Å². The zero-order valence-corrected chi connectivity index (χ0v) is 13.5. The second-order valence-corrected chi connectivity index (χ2v) is 5.28. The van der Waals surface area contributed by atoms with E-state index in [4.69, 9.17) is 11.6 Å². The molecule has 0 aromatic heterocycles. The Balaban J connectivity index is 2.25.